The lowest BCUT2D eigenvalue weighted by Gasteiger charge is -2.15. The quantitative estimate of drug-likeness (QED) is 0.789. The molecular weight excluding hydrogens is 184 g/mol. The maximum atomic E-state index is 5.84. The van der Waals surface area contributed by atoms with Crippen molar-refractivity contribution in [1.82, 2.24) is 0 Å². The van der Waals surface area contributed by atoms with Gasteiger partial charge in [0.05, 0.1) is 0 Å². The smallest absolute Gasteiger partial charge is 0.0380 e. The average Bonchev–Trinajstić information content (AvgIpc) is 2.97. The first-order chi connectivity index (χ1) is 7.38. The van der Waals surface area contributed by atoms with Crippen LogP contribution in [0.3, 0.4) is 0 Å². The molecule has 1 saturated carbocycles. The van der Waals surface area contributed by atoms with Crippen molar-refractivity contribution >= 4 is 5.69 Å². The number of benzene rings is 1. The lowest BCUT2D eigenvalue weighted by molar-refractivity contribution is 0.689. The van der Waals surface area contributed by atoms with Crippen LogP contribution < -0.4 is 11.1 Å². The highest BCUT2D eigenvalue weighted by molar-refractivity contribution is 5.59. The second-order valence-electron chi connectivity index (χ2n) is 4.77. The molecule has 0 aliphatic heterocycles. The number of rotatable bonds is 3. The molecule has 15 heavy (non-hydrogen) atoms. The first-order valence-corrected chi connectivity index (χ1v) is 5.97. The first-order valence-electron chi connectivity index (χ1n) is 5.97. The Morgan fingerprint density at radius 2 is 2.13 bits per heavy atom. The highest BCUT2D eigenvalue weighted by Crippen LogP contribution is 2.39. The van der Waals surface area contributed by atoms with Gasteiger partial charge < -0.3 is 11.1 Å². The third-order valence-electron chi connectivity index (χ3n) is 3.59. The molecule has 0 aromatic heterocycles. The molecule has 1 aromatic carbocycles. The number of hydrogen-bond donors (Lipinski definition) is 2. The van der Waals surface area contributed by atoms with Crippen LogP contribution in [0.25, 0.3) is 0 Å². The SMILES string of the molecule is NCC1CCc2cccc(NC3CC3)c21. The second kappa shape index (κ2) is 3.53. The van der Waals surface area contributed by atoms with E-state index in [2.05, 4.69) is 23.5 Å². The van der Waals surface area contributed by atoms with Gasteiger partial charge >= 0.3 is 0 Å². The van der Waals surface area contributed by atoms with Crippen molar-refractivity contribution in [3.63, 3.8) is 0 Å². The summed E-state index contributed by atoms with van der Waals surface area (Å²) in [5.74, 6) is 0.586. The lowest BCUT2D eigenvalue weighted by atomic mass is 9.99. The molecule has 2 nitrogen and oxygen atoms in total. The van der Waals surface area contributed by atoms with Crippen molar-refractivity contribution < 1.29 is 0 Å². The molecule has 80 valence electrons. The topological polar surface area (TPSA) is 38.0 Å². The molecule has 2 aliphatic carbocycles. The van der Waals surface area contributed by atoms with Crippen LogP contribution in [0.5, 0.6) is 0 Å². The normalized spacial score (nSPS) is 23.9. The fourth-order valence-electron chi connectivity index (χ4n) is 2.60. The van der Waals surface area contributed by atoms with E-state index >= 15 is 0 Å². The maximum absolute atomic E-state index is 5.84. The number of hydrogen-bond acceptors (Lipinski definition) is 2. The third-order valence-corrected chi connectivity index (χ3v) is 3.59. The molecule has 3 rings (SSSR count). The fourth-order valence-corrected chi connectivity index (χ4v) is 2.60. The van der Waals surface area contributed by atoms with E-state index in [9.17, 15) is 0 Å². The standard InChI is InChI=1S/C13H18N2/c14-8-10-5-4-9-2-1-3-12(13(9)10)15-11-6-7-11/h1-3,10-11,15H,4-8,14H2. The van der Waals surface area contributed by atoms with Gasteiger partial charge in [-0.25, -0.2) is 0 Å². The van der Waals surface area contributed by atoms with Crippen LogP contribution in [0.1, 0.15) is 36.3 Å². The molecule has 1 fully saturated rings. The Morgan fingerprint density at radius 1 is 1.27 bits per heavy atom. The van der Waals surface area contributed by atoms with Crippen molar-refractivity contribution in [2.75, 3.05) is 11.9 Å². The van der Waals surface area contributed by atoms with Crippen LogP contribution in [-0.2, 0) is 6.42 Å². The van der Waals surface area contributed by atoms with Gasteiger partial charge in [-0.3, -0.25) is 0 Å². The van der Waals surface area contributed by atoms with E-state index in [1.54, 1.807) is 0 Å². The van der Waals surface area contributed by atoms with Crippen molar-refractivity contribution in [2.24, 2.45) is 5.73 Å². The highest BCUT2D eigenvalue weighted by Gasteiger charge is 2.27. The Balaban J connectivity index is 1.95. The minimum atomic E-state index is 0.586. The minimum absolute atomic E-state index is 0.586. The maximum Gasteiger partial charge on any atom is 0.0380 e. The molecule has 0 spiro atoms. The summed E-state index contributed by atoms with van der Waals surface area (Å²) in [6.45, 7) is 0.788. The van der Waals surface area contributed by atoms with Crippen molar-refractivity contribution in [1.29, 1.82) is 0 Å². The van der Waals surface area contributed by atoms with E-state index < -0.39 is 0 Å². The van der Waals surface area contributed by atoms with E-state index in [4.69, 9.17) is 5.73 Å². The molecule has 2 aliphatic rings. The van der Waals surface area contributed by atoms with Gasteiger partial charge in [-0.05, 0) is 55.3 Å². The summed E-state index contributed by atoms with van der Waals surface area (Å²) in [5.41, 5.74) is 10.2. The van der Waals surface area contributed by atoms with Gasteiger partial charge in [-0.15, -0.1) is 0 Å². The Labute approximate surface area is 90.9 Å². The van der Waals surface area contributed by atoms with Crippen LogP contribution in [0.15, 0.2) is 18.2 Å². The predicted molar refractivity (Wildman–Crippen MR) is 63.2 cm³/mol. The van der Waals surface area contributed by atoms with Crippen LogP contribution in [0, 0.1) is 0 Å². The second-order valence-corrected chi connectivity index (χ2v) is 4.77. The van der Waals surface area contributed by atoms with E-state index in [0.717, 1.165) is 12.6 Å². The van der Waals surface area contributed by atoms with Crippen LogP contribution in [0.4, 0.5) is 5.69 Å². The average molecular weight is 202 g/mol. The van der Waals surface area contributed by atoms with Gasteiger partial charge in [0.2, 0.25) is 0 Å². The Kier molecular flexibility index (Phi) is 2.17. The molecule has 0 radical (unpaired) electrons. The first kappa shape index (κ1) is 9.22. The zero-order valence-corrected chi connectivity index (χ0v) is 9.00. The zero-order valence-electron chi connectivity index (χ0n) is 9.00. The third kappa shape index (κ3) is 1.63. The zero-order chi connectivity index (χ0) is 10.3. The summed E-state index contributed by atoms with van der Waals surface area (Å²) < 4.78 is 0. The summed E-state index contributed by atoms with van der Waals surface area (Å²) in [6, 6.07) is 7.37. The van der Waals surface area contributed by atoms with E-state index in [-0.39, 0.29) is 0 Å². The highest BCUT2D eigenvalue weighted by atomic mass is 15.0. The Hall–Kier alpha value is -1.02. The monoisotopic (exact) mass is 202 g/mol. The predicted octanol–water partition coefficient (Wildman–Crippen LogP) is 2.25. The number of aryl methyl sites for hydroxylation is 1. The van der Waals surface area contributed by atoms with Gasteiger partial charge in [-0.2, -0.15) is 0 Å². The number of nitrogens with one attached hydrogen (secondary N) is 1. The van der Waals surface area contributed by atoms with Crippen LogP contribution >= 0.6 is 0 Å². The minimum Gasteiger partial charge on any atom is -0.382 e. The summed E-state index contributed by atoms with van der Waals surface area (Å²) in [7, 11) is 0. The van der Waals surface area contributed by atoms with Gasteiger partial charge in [0.25, 0.3) is 0 Å². The fraction of sp³-hybridized carbons (Fsp3) is 0.538. The molecule has 3 N–H and O–H groups in total. The van der Waals surface area contributed by atoms with Crippen LogP contribution in [-0.4, -0.2) is 12.6 Å². The molecule has 0 saturated heterocycles. The number of anilines is 1. The molecule has 0 amide bonds. The van der Waals surface area contributed by atoms with Crippen LogP contribution in [0.2, 0.25) is 0 Å². The molecule has 1 atom stereocenters. The summed E-state index contributed by atoms with van der Waals surface area (Å²) >= 11 is 0. The summed E-state index contributed by atoms with van der Waals surface area (Å²) in [6.07, 6.45) is 5.10. The van der Waals surface area contributed by atoms with E-state index in [1.807, 2.05) is 0 Å². The van der Waals surface area contributed by atoms with Crippen molar-refractivity contribution in [3.8, 4) is 0 Å². The number of nitrogens with two attached hydrogens (primary N) is 1. The molecule has 2 heteroatoms. The summed E-state index contributed by atoms with van der Waals surface area (Å²) in [5, 5.41) is 3.62. The lowest BCUT2D eigenvalue weighted by Crippen LogP contribution is -2.12. The van der Waals surface area contributed by atoms with E-state index in [1.165, 1.54) is 42.5 Å². The molecule has 1 aromatic rings. The van der Waals surface area contributed by atoms with Crippen molar-refractivity contribution in [3.05, 3.63) is 29.3 Å². The van der Waals surface area contributed by atoms with Crippen molar-refractivity contribution in [2.45, 2.75) is 37.6 Å². The largest absolute Gasteiger partial charge is 0.382 e. The number of fused-ring (bicyclic) bond motifs is 1. The Morgan fingerprint density at radius 3 is 2.87 bits per heavy atom. The molecule has 0 heterocycles. The van der Waals surface area contributed by atoms with E-state index in [0.29, 0.717) is 5.92 Å². The van der Waals surface area contributed by atoms with Gasteiger partial charge in [0.15, 0.2) is 0 Å². The van der Waals surface area contributed by atoms with Gasteiger partial charge in [0, 0.05) is 11.7 Å². The van der Waals surface area contributed by atoms with Gasteiger partial charge in [0.1, 0.15) is 0 Å². The molecule has 1 unspecified atom stereocenters. The van der Waals surface area contributed by atoms with Gasteiger partial charge in [-0.1, -0.05) is 12.1 Å². The molecule has 0 bridgehead atoms. The Bertz CT molecular complexity index is 369. The summed E-state index contributed by atoms with van der Waals surface area (Å²) in [4.78, 5) is 0. The molecular formula is C13H18N2.